The van der Waals surface area contributed by atoms with Crippen molar-refractivity contribution in [2.24, 2.45) is 0 Å². The molecule has 21 heavy (non-hydrogen) atoms. The zero-order valence-corrected chi connectivity index (χ0v) is 10.8. The highest BCUT2D eigenvalue weighted by Crippen LogP contribution is 2.34. The largest absolute Gasteiger partial charge is 0.495 e. The van der Waals surface area contributed by atoms with Crippen LogP contribution in [0.2, 0.25) is 0 Å². The molecule has 0 fully saturated rings. The summed E-state index contributed by atoms with van der Waals surface area (Å²) >= 11 is 0. The third-order valence-corrected chi connectivity index (χ3v) is 2.59. The summed E-state index contributed by atoms with van der Waals surface area (Å²) in [6.07, 6.45) is -3.14. The molecule has 4 nitrogen and oxygen atoms in total. The van der Waals surface area contributed by atoms with E-state index in [2.05, 4.69) is 4.98 Å². The normalized spacial score (nSPS) is 10.8. The Morgan fingerprint density at radius 1 is 1.24 bits per heavy atom. The Bertz CT molecular complexity index is 693. The Morgan fingerprint density at radius 2 is 2.00 bits per heavy atom. The molecule has 0 bridgehead atoms. The summed E-state index contributed by atoms with van der Waals surface area (Å²) in [5, 5.41) is 9.06. The average molecular weight is 294 g/mol. The Hall–Kier alpha value is -2.75. The lowest BCUT2D eigenvalue weighted by molar-refractivity contribution is -0.137. The number of ether oxygens (including phenoxy) is 2. The third kappa shape index (κ3) is 3.23. The maximum atomic E-state index is 12.6. The van der Waals surface area contributed by atoms with Gasteiger partial charge in [0.1, 0.15) is 17.6 Å². The summed E-state index contributed by atoms with van der Waals surface area (Å²) in [5.41, 5.74) is -0.834. The molecule has 0 amide bonds. The predicted octanol–water partition coefficient (Wildman–Crippen LogP) is 3.77. The summed E-state index contributed by atoms with van der Waals surface area (Å²) in [5.74, 6) is 0.0488. The zero-order chi connectivity index (χ0) is 15.5. The van der Waals surface area contributed by atoms with Gasteiger partial charge in [0.2, 0.25) is 5.88 Å². The number of rotatable bonds is 3. The molecular formula is C14H9F3N2O2. The van der Waals surface area contributed by atoms with Crippen LogP contribution in [-0.4, -0.2) is 12.1 Å². The number of alkyl halides is 3. The van der Waals surface area contributed by atoms with Crippen molar-refractivity contribution in [2.75, 3.05) is 7.11 Å². The molecule has 1 heterocycles. The van der Waals surface area contributed by atoms with Crippen molar-refractivity contribution in [2.45, 2.75) is 6.18 Å². The van der Waals surface area contributed by atoms with E-state index in [-0.39, 0.29) is 22.9 Å². The highest BCUT2D eigenvalue weighted by Gasteiger charge is 2.30. The lowest BCUT2D eigenvalue weighted by atomic mass is 10.2. The number of pyridine rings is 1. The minimum atomic E-state index is -4.47. The van der Waals surface area contributed by atoms with E-state index in [9.17, 15) is 13.2 Å². The predicted molar refractivity (Wildman–Crippen MR) is 67.0 cm³/mol. The number of nitrogens with zero attached hydrogens (tertiary/aromatic N) is 2. The van der Waals surface area contributed by atoms with E-state index in [4.69, 9.17) is 14.7 Å². The Morgan fingerprint density at radius 3 is 2.62 bits per heavy atom. The van der Waals surface area contributed by atoms with Crippen molar-refractivity contribution in [3.63, 3.8) is 0 Å². The van der Waals surface area contributed by atoms with Gasteiger partial charge in [-0.15, -0.1) is 0 Å². The second kappa shape index (κ2) is 5.71. The number of benzene rings is 1. The van der Waals surface area contributed by atoms with E-state index in [1.807, 2.05) is 6.07 Å². The van der Waals surface area contributed by atoms with Crippen molar-refractivity contribution in [3.05, 3.63) is 47.7 Å². The smallest absolute Gasteiger partial charge is 0.416 e. The van der Waals surface area contributed by atoms with Crippen molar-refractivity contribution in [1.29, 1.82) is 5.26 Å². The van der Waals surface area contributed by atoms with Crippen LogP contribution >= 0.6 is 0 Å². The highest BCUT2D eigenvalue weighted by atomic mass is 19.4. The molecule has 0 saturated carbocycles. The fourth-order valence-corrected chi connectivity index (χ4v) is 1.62. The molecule has 1 aromatic heterocycles. The first-order valence-electron chi connectivity index (χ1n) is 5.74. The van der Waals surface area contributed by atoms with E-state index < -0.39 is 11.7 Å². The second-order valence-corrected chi connectivity index (χ2v) is 3.93. The van der Waals surface area contributed by atoms with Crippen LogP contribution in [0, 0.1) is 11.3 Å². The topological polar surface area (TPSA) is 55.1 Å². The molecule has 1 aromatic carbocycles. The van der Waals surface area contributed by atoms with E-state index in [0.717, 1.165) is 12.1 Å². The molecule has 2 aromatic rings. The van der Waals surface area contributed by atoms with E-state index in [1.54, 1.807) is 0 Å². The van der Waals surface area contributed by atoms with Gasteiger partial charge in [-0.1, -0.05) is 6.07 Å². The Labute approximate surface area is 118 Å². The van der Waals surface area contributed by atoms with Gasteiger partial charge in [0.25, 0.3) is 0 Å². The van der Waals surface area contributed by atoms with Crippen LogP contribution in [0.4, 0.5) is 13.2 Å². The molecule has 2 rings (SSSR count). The van der Waals surface area contributed by atoms with Gasteiger partial charge in [-0.05, 0) is 18.2 Å². The standard InChI is InChI=1S/C14H9F3N2O2/c1-20-12-5-6-19-13(11(12)8-18)21-10-4-2-3-9(7-10)14(15,16)17/h2-7H,1H3. The molecule has 0 aliphatic rings. The molecule has 0 saturated heterocycles. The van der Waals surface area contributed by atoms with Crippen LogP contribution in [-0.2, 0) is 6.18 Å². The first kappa shape index (κ1) is 14.7. The highest BCUT2D eigenvalue weighted by molar-refractivity contribution is 5.50. The molecule has 0 aliphatic carbocycles. The minimum Gasteiger partial charge on any atom is -0.495 e. The van der Waals surface area contributed by atoms with Crippen LogP contribution in [0.25, 0.3) is 0 Å². The van der Waals surface area contributed by atoms with Gasteiger partial charge in [-0.2, -0.15) is 18.4 Å². The summed E-state index contributed by atoms with van der Waals surface area (Å²) in [4.78, 5) is 3.84. The molecule has 0 atom stereocenters. The van der Waals surface area contributed by atoms with Gasteiger partial charge < -0.3 is 9.47 Å². The summed E-state index contributed by atoms with van der Waals surface area (Å²) in [7, 11) is 1.37. The summed E-state index contributed by atoms with van der Waals surface area (Å²) in [6, 6.07) is 7.62. The van der Waals surface area contributed by atoms with Crippen molar-refractivity contribution >= 4 is 0 Å². The third-order valence-electron chi connectivity index (χ3n) is 2.59. The van der Waals surface area contributed by atoms with Gasteiger partial charge >= 0.3 is 6.18 Å². The number of hydrogen-bond donors (Lipinski definition) is 0. The molecule has 0 N–H and O–H groups in total. The van der Waals surface area contributed by atoms with Crippen molar-refractivity contribution in [1.82, 2.24) is 4.98 Å². The molecule has 0 spiro atoms. The SMILES string of the molecule is COc1ccnc(Oc2cccc(C(F)(F)F)c2)c1C#N. The van der Waals surface area contributed by atoms with Crippen LogP contribution in [0.5, 0.6) is 17.4 Å². The van der Waals surface area contributed by atoms with Crippen LogP contribution in [0.3, 0.4) is 0 Å². The molecule has 0 aliphatic heterocycles. The lowest BCUT2D eigenvalue weighted by Crippen LogP contribution is -2.04. The summed E-state index contributed by atoms with van der Waals surface area (Å²) in [6.45, 7) is 0. The molecule has 108 valence electrons. The fourth-order valence-electron chi connectivity index (χ4n) is 1.62. The van der Waals surface area contributed by atoms with Gasteiger partial charge in [-0.3, -0.25) is 0 Å². The minimum absolute atomic E-state index is 0.0115. The second-order valence-electron chi connectivity index (χ2n) is 3.93. The van der Waals surface area contributed by atoms with Crippen LogP contribution in [0.15, 0.2) is 36.5 Å². The fraction of sp³-hybridized carbons (Fsp3) is 0.143. The van der Waals surface area contributed by atoms with Gasteiger partial charge in [0, 0.05) is 12.3 Å². The van der Waals surface area contributed by atoms with E-state index >= 15 is 0 Å². The quantitative estimate of drug-likeness (QED) is 0.864. The average Bonchev–Trinajstić information content (AvgIpc) is 2.46. The number of halogens is 3. The van der Waals surface area contributed by atoms with Crippen molar-refractivity contribution in [3.8, 4) is 23.4 Å². The summed E-state index contributed by atoms with van der Waals surface area (Å²) < 4.78 is 48.1. The Balaban J connectivity index is 2.38. The zero-order valence-electron chi connectivity index (χ0n) is 10.8. The van der Waals surface area contributed by atoms with Gasteiger partial charge in [0.05, 0.1) is 12.7 Å². The number of aromatic nitrogens is 1. The van der Waals surface area contributed by atoms with Crippen LogP contribution in [0.1, 0.15) is 11.1 Å². The Kier molecular flexibility index (Phi) is 3.98. The monoisotopic (exact) mass is 294 g/mol. The van der Waals surface area contributed by atoms with Crippen molar-refractivity contribution < 1.29 is 22.6 Å². The first-order valence-corrected chi connectivity index (χ1v) is 5.74. The maximum Gasteiger partial charge on any atom is 0.416 e. The number of hydrogen-bond acceptors (Lipinski definition) is 4. The lowest BCUT2D eigenvalue weighted by Gasteiger charge is -2.11. The maximum absolute atomic E-state index is 12.6. The van der Waals surface area contributed by atoms with E-state index in [0.29, 0.717) is 0 Å². The molecule has 0 radical (unpaired) electrons. The van der Waals surface area contributed by atoms with Crippen LogP contribution < -0.4 is 9.47 Å². The molecule has 7 heteroatoms. The van der Waals surface area contributed by atoms with Gasteiger partial charge in [-0.25, -0.2) is 4.98 Å². The number of nitriles is 1. The van der Waals surface area contributed by atoms with Gasteiger partial charge in [0.15, 0.2) is 5.56 Å². The molecule has 0 unspecified atom stereocenters. The molecular weight excluding hydrogens is 285 g/mol. The van der Waals surface area contributed by atoms with E-state index in [1.165, 1.54) is 31.5 Å². The number of methoxy groups -OCH3 is 1. The first-order chi connectivity index (χ1) is 9.95.